The number of benzene rings is 2. The molecule has 0 saturated carbocycles. The van der Waals surface area contributed by atoms with Gasteiger partial charge in [-0.25, -0.2) is 17.5 Å². The molecule has 156 valence electrons. The van der Waals surface area contributed by atoms with Gasteiger partial charge in [0.25, 0.3) is 0 Å². The summed E-state index contributed by atoms with van der Waals surface area (Å²) in [4.78, 5) is 14.7. The van der Waals surface area contributed by atoms with Crippen molar-refractivity contribution in [3.8, 4) is 0 Å². The zero-order valence-corrected chi connectivity index (χ0v) is 17.5. The molecule has 1 aliphatic rings. The lowest BCUT2D eigenvalue weighted by Gasteiger charge is -2.35. The first-order valence-corrected chi connectivity index (χ1v) is 11.2. The summed E-state index contributed by atoms with van der Waals surface area (Å²) in [6.07, 6.45) is 1.16. The molecule has 1 unspecified atom stereocenters. The average molecular weight is 440 g/mol. The standard InChI is InChI=1S/C20H23ClFN3O3S/c1-14(20(26)23-19-8-7-15(21)13-18(19)22)25-11-9-16(10-12-25)24-29(27,28)17-5-3-2-4-6-17/h2-8,13-14,16,24H,9-12H2,1H3,(H,23,26). The molecule has 0 radical (unpaired) electrons. The van der Waals surface area contributed by atoms with Gasteiger partial charge in [0.05, 0.1) is 16.6 Å². The molecule has 1 amide bonds. The molecule has 1 aliphatic heterocycles. The Morgan fingerprint density at radius 1 is 1.17 bits per heavy atom. The molecule has 0 aromatic heterocycles. The minimum Gasteiger partial charge on any atom is -0.322 e. The predicted molar refractivity (Wildman–Crippen MR) is 111 cm³/mol. The average Bonchev–Trinajstić information content (AvgIpc) is 2.70. The number of halogens is 2. The van der Waals surface area contributed by atoms with Crippen LogP contribution in [0.15, 0.2) is 53.4 Å². The van der Waals surface area contributed by atoms with Crippen LogP contribution in [0, 0.1) is 5.82 Å². The number of hydrogen-bond acceptors (Lipinski definition) is 4. The van der Waals surface area contributed by atoms with Gasteiger partial charge in [0.2, 0.25) is 15.9 Å². The fourth-order valence-corrected chi connectivity index (χ4v) is 4.77. The summed E-state index contributed by atoms with van der Waals surface area (Å²) in [5.74, 6) is -0.915. The topological polar surface area (TPSA) is 78.5 Å². The summed E-state index contributed by atoms with van der Waals surface area (Å²) in [6.45, 7) is 2.86. The van der Waals surface area contributed by atoms with Crippen molar-refractivity contribution in [2.45, 2.75) is 36.7 Å². The van der Waals surface area contributed by atoms with Gasteiger partial charge in [-0.1, -0.05) is 29.8 Å². The zero-order chi connectivity index (χ0) is 21.0. The maximum atomic E-state index is 13.9. The van der Waals surface area contributed by atoms with Crippen LogP contribution in [-0.2, 0) is 14.8 Å². The van der Waals surface area contributed by atoms with Crippen LogP contribution < -0.4 is 10.0 Å². The van der Waals surface area contributed by atoms with Crippen LogP contribution >= 0.6 is 11.6 Å². The highest BCUT2D eigenvalue weighted by Gasteiger charge is 2.29. The van der Waals surface area contributed by atoms with E-state index in [1.165, 1.54) is 12.1 Å². The first-order valence-electron chi connectivity index (χ1n) is 9.33. The first kappa shape index (κ1) is 21.7. The molecule has 1 fully saturated rings. The number of carbonyl (C=O) groups is 1. The number of piperidine rings is 1. The second-order valence-electron chi connectivity index (χ2n) is 7.03. The molecule has 9 heteroatoms. The van der Waals surface area contributed by atoms with Gasteiger partial charge in [0.15, 0.2) is 0 Å². The first-order chi connectivity index (χ1) is 13.8. The Bertz CT molecular complexity index is 964. The van der Waals surface area contributed by atoms with Crippen molar-refractivity contribution in [1.82, 2.24) is 9.62 Å². The van der Waals surface area contributed by atoms with E-state index in [0.29, 0.717) is 25.9 Å². The van der Waals surface area contributed by atoms with Crippen LogP contribution in [0.25, 0.3) is 0 Å². The number of hydrogen-bond donors (Lipinski definition) is 2. The minimum absolute atomic E-state index is 0.0803. The summed E-state index contributed by atoms with van der Waals surface area (Å²) < 4.78 is 41.5. The van der Waals surface area contributed by atoms with Gasteiger partial charge >= 0.3 is 0 Å². The lowest BCUT2D eigenvalue weighted by atomic mass is 10.0. The van der Waals surface area contributed by atoms with E-state index < -0.39 is 21.9 Å². The summed E-state index contributed by atoms with van der Waals surface area (Å²) in [5, 5.41) is 2.84. The van der Waals surface area contributed by atoms with Gasteiger partial charge in [-0.2, -0.15) is 0 Å². The number of carbonyl (C=O) groups excluding carboxylic acids is 1. The number of nitrogens with zero attached hydrogens (tertiary/aromatic N) is 1. The number of amides is 1. The van der Waals surface area contributed by atoms with Crippen molar-refractivity contribution < 1.29 is 17.6 Å². The van der Waals surface area contributed by atoms with E-state index in [9.17, 15) is 17.6 Å². The van der Waals surface area contributed by atoms with Gasteiger partial charge in [0.1, 0.15) is 5.82 Å². The fourth-order valence-electron chi connectivity index (χ4n) is 3.29. The van der Waals surface area contributed by atoms with Crippen LogP contribution in [0.3, 0.4) is 0 Å². The Morgan fingerprint density at radius 2 is 1.83 bits per heavy atom. The van der Waals surface area contributed by atoms with Crippen molar-refractivity contribution in [1.29, 1.82) is 0 Å². The number of likely N-dealkylation sites (tertiary alicyclic amines) is 1. The van der Waals surface area contributed by atoms with E-state index in [4.69, 9.17) is 11.6 Å². The quantitative estimate of drug-likeness (QED) is 0.724. The molecule has 2 aromatic carbocycles. The molecular weight excluding hydrogens is 417 g/mol. The lowest BCUT2D eigenvalue weighted by molar-refractivity contribution is -0.121. The predicted octanol–water partition coefficient (Wildman–Crippen LogP) is 3.25. The lowest BCUT2D eigenvalue weighted by Crippen LogP contribution is -2.50. The maximum Gasteiger partial charge on any atom is 0.241 e. The molecule has 29 heavy (non-hydrogen) atoms. The Balaban J connectivity index is 1.54. The van der Waals surface area contributed by atoms with Crippen molar-refractivity contribution in [2.75, 3.05) is 18.4 Å². The van der Waals surface area contributed by atoms with E-state index in [-0.39, 0.29) is 27.6 Å². The third kappa shape index (κ3) is 5.54. The number of anilines is 1. The van der Waals surface area contributed by atoms with Gasteiger partial charge in [0, 0.05) is 24.2 Å². The maximum absolute atomic E-state index is 13.9. The molecule has 6 nitrogen and oxygen atoms in total. The van der Waals surface area contributed by atoms with Crippen LogP contribution in [0.4, 0.5) is 10.1 Å². The molecule has 2 aromatic rings. The molecule has 0 aliphatic carbocycles. The highest BCUT2D eigenvalue weighted by Crippen LogP contribution is 2.21. The second kappa shape index (κ2) is 9.21. The van der Waals surface area contributed by atoms with E-state index >= 15 is 0 Å². The van der Waals surface area contributed by atoms with Gasteiger partial charge < -0.3 is 5.32 Å². The van der Waals surface area contributed by atoms with Crippen molar-refractivity contribution in [3.63, 3.8) is 0 Å². The fraction of sp³-hybridized carbons (Fsp3) is 0.350. The van der Waals surface area contributed by atoms with Gasteiger partial charge in [-0.05, 0) is 50.1 Å². The number of sulfonamides is 1. The minimum atomic E-state index is -3.56. The Labute approximate surface area is 175 Å². The van der Waals surface area contributed by atoms with Gasteiger partial charge in [-0.3, -0.25) is 9.69 Å². The summed E-state index contributed by atoms with van der Waals surface area (Å²) in [5.41, 5.74) is 0.0803. The summed E-state index contributed by atoms with van der Waals surface area (Å²) in [6, 6.07) is 11.6. The number of rotatable bonds is 6. The van der Waals surface area contributed by atoms with Crippen LogP contribution in [0.2, 0.25) is 5.02 Å². The smallest absolute Gasteiger partial charge is 0.241 e. The number of nitrogens with one attached hydrogen (secondary N) is 2. The van der Waals surface area contributed by atoms with Crippen molar-refractivity contribution in [3.05, 3.63) is 59.4 Å². The van der Waals surface area contributed by atoms with Crippen LogP contribution in [0.5, 0.6) is 0 Å². The van der Waals surface area contributed by atoms with Crippen LogP contribution in [-0.4, -0.2) is 44.4 Å². The Kier molecular flexibility index (Phi) is 6.89. The molecule has 1 heterocycles. The third-order valence-electron chi connectivity index (χ3n) is 5.02. The Morgan fingerprint density at radius 3 is 2.45 bits per heavy atom. The van der Waals surface area contributed by atoms with Gasteiger partial charge in [-0.15, -0.1) is 0 Å². The molecule has 0 spiro atoms. The van der Waals surface area contributed by atoms with Crippen molar-refractivity contribution in [2.24, 2.45) is 0 Å². The molecular formula is C20H23ClFN3O3S. The SMILES string of the molecule is CC(C(=O)Nc1ccc(Cl)cc1F)N1CCC(NS(=O)(=O)c2ccccc2)CC1. The molecule has 1 atom stereocenters. The van der Waals surface area contributed by atoms with Crippen LogP contribution in [0.1, 0.15) is 19.8 Å². The monoisotopic (exact) mass is 439 g/mol. The van der Waals surface area contributed by atoms with Crippen molar-refractivity contribution >= 4 is 33.2 Å². The molecule has 0 bridgehead atoms. The highest BCUT2D eigenvalue weighted by molar-refractivity contribution is 7.89. The second-order valence-corrected chi connectivity index (χ2v) is 9.18. The normalized spacial score (nSPS) is 17.1. The molecule has 3 rings (SSSR count). The molecule has 1 saturated heterocycles. The molecule has 2 N–H and O–H groups in total. The highest BCUT2D eigenvalue weighted by atomic mass is 35.5. The third-order valence-corrected chi connectivity index (χ3v) is 6.79. The summed E-state index contributed by atoms with van der Waals surface area (Å²) in [7, 11) is -3.56. The largest absolute Gasteiger partial charge is 0.322 e. The van der Waals surface area contributed by atoms with E-state index in [2.05, 4.69) is 10.0 Å². The van der Waals surface area contributed by atoms with E-state index in [1.807, 2.05) is 4.90 Å². The van der Waals surface area contributed by atoms with E-state index in [1.54, 1.807) is 37.3 Å². The Hall–Kier alpha value is -2.00. The summed E-state index contributed by atoms with van der Waals surface area (Å²) >= 11 is 5.73. The van der Waals surface area contributed by atoms with E-state index in [0.717, 1.165) is 6.07 Å². The zero-order valence-electron chi connectivity index (χ0n) is 15.9.